The number of ether oxygens (including phenoxy) is 1. The quantitative estimate of drug-likeness (QED) is 0.412. The van der Waals surface area contributed by atoms with Gasteiger partial charge in [0.2, 0.25) is 5.78 Å². The number of carbonyl (C=O) groups excluding carboxylic acids is 2. The molecule has 35 heavy (non-hydrogen) atoms. The van der Waals surface area contributed by atoms with E-state index in [9.17, 15) is 14.7 Å². The highest BCUT2D eigenvalue weighted by molar-refractivity contribution is 6.16. The number of para-hydroxylation sites is 1. The number of aliphatic hydroxyl groups is 1. The number of benzene rings is 2. The van der Waals surface area contributed by atoms with Gasteiger partial charge in [-0.3, -0.25) is 9.59 Å². The Labute approximate surface area is 205 Å². The monoisotopic (exact) mass is 476 g/mol. The van der Waals surface area contributed by atoms with Crippen molar-refractivity contribution in [1.29, 1.82) is 0 Å². The van der Waals surface area contributed by atoms with Gasteiger partial charge in [0.25, 0.3) is 5.91 Å². The second-order valence-electron chi connectivity index (χ2n) is 8.77. The molecule has 0 fully saturated rings. The number of hydrogen-bond acceptors (Lipinski definition) is 6. The van der Waals surface area contributed by atoms with Crippen LogP contribution in [0.5, 0.6) is 5.75 Å². The standard InChI is InChI=1S/C28H32N2O5/c1-5-29(6-2)15-8-16-30-24(19-13-11-18(3)12-14-19)23(26(32)28(30)33)25(31)22-17-20-9-7-10-21(34-4)27(20)35-22/h7,9-14,17,24,32H,5-6,8,15-16H2,1-4H3/t24-/m0/s1. The predicted molar refractivity (Wildman–Crippen MR) is 135 cm³/mol. The van der Waals surface area contributed by atoms with Crippen molar-refractivity contribution in [3.63, 3.8) is 0 Å². The summed E-state index contributed by atoms with van der Waals surface area (Å²) in [7, 11) is 1.53. The first-order valence-corrected chi connectivity index (χ1v) is 12.0. The molecule has 0 unspecified atom stereocenters. The zero-order valence-electron chi connectivity index (χ0n) is 20.7. The lowest BCUT2D eigenvalue weighted by atomic mass is 9.94. The van der Waals surface area contributed by atoms with Crippen molar-refractivity contribution in [3.8, 4) is 5.75 Å². The van der Waals surface area contributed by atoms with E-state index in [1.54, 1.807) is 17.0 Å². The zero-order valence-corrected chi connectivity index (χ0v) is 20.7. The summed E-state index contributed by atoms with van der Waals surface area (Å²) in [6, 6.07) is 14.0. The highest BCUT2D eigenvalue weighted by Gasteiger charge is 2.44. The van der Waals surface area contributed by atoms with Gasteiger partial charge < -0.3 is 24.1 Å². The Hall–Kier alpha value is -3.58. The number of aliphatic hydroxyl groups excluding tert-OH is 1. The molecule has 3 aromatic rings. The summed E-state index contributed by atoms with van der Waals surface area (Å²) < 4.78 is 11.2. The molecular weight excluding hydrogens is 444 g/mol. The van der Waals surface area contributed by atoms with Crippen LogP contribution in [0.1, 0.15) is 48.0 Å². The van der Waals surface area contributed by atoms with Crippen LogP contribution in [0.15, 0.2) is 64.3 Å². The van der Waals surface area contributed by atoms with Gasteiger partial charge in [0.1, 0.15) is 0 Å². The molecule has 0 radical (unpaired) electrons. The fraction of sp³-hybridized carbons (Fsp3) is 0.357. The Morgan fingerprint density at radius 3 is 2.51 bits per heavy atom. The van der Waals surface area contributed by atoms with E-state index in [4.69, 9.17) is 9.15 Å². The molecule has 1 amide bonds. The molecule has 0 saturated heterocycles. The molecule has 0 bridgehead atoms. The third-order valence-electron chi connectivity index (χ3n) is 6.66. The molecule has 1 aliphatic heterocycles. The van der Waals surface area contributed by atoms with Gasteiger partial charge in [-0.1, -0.05) is 55.8 Å². The maximum absolute atomic E-state index is 13.7. The smallest absolute Gasteiger partial charge is 0.290 e. The summed E-state index contributed by atoms with van der Waals surface area (Å²) in [4.78, 5) is 30.8. The van der Waals surface area contributed by atoms with Crippen molar-refractivity contribution in [2.75, 3.05) is 33.3 Å². The highest BCUT2D eigenvalue weighted by atomic mass is 16.5. The number of carbonyl (C=O) groups is 2. The Morgan fingerprint density at radius 2 is 1.86 bits per heavy atom. The van der Waals surface area contributed by atoms with Crippen molar-refractivity contribution in [1.82, 2.24) is 9.80 Å². The molecule has 2 aromatic carbocycles. The van der Waals surface area contributed by atoms with Crippen LogP contribution in [0.4, 0.5) is 0 Å². The predicted octanol–water partition coefficient (Wildman–Crippen LogP) is 5.06. The van der Waals surface area contributed by atoms with Crippen LogP contribution < -0.4 is 4.74 Å². The number of methoxy groups -OCH3 is 1. The Morgan fingerprint density at radius 1 is 1.14 bits per heavy atom. The first-order valence-electron chi connectivity index (χ1n) is 12.0. The van der Waals surface area contributed by atoms with E-state index in [1.807, 2.05) is 43.3 Å². The maximum Gasteiger partial charge on any atom is 0.290 e. The minimum Gasteiger partial charge on any atom is -0.503 e. The summed E-state index contributed by atoms with van der Waals surface area (Å²) >= 11 is 0. The largest absolute Gasteiger partial charge is 0.503 e. The van der Waals surface area contributed by atoms with Gasteiger partial charge in [-0.25, -0.2) is 0 Å². The van der Waals surface area contributed by atoms with Crippen molar-refractivity contribution >= 4 is 22.7 Å². The van der Waals surface area contributed by atoms with E-state index in [0.29, 0.717) is 23.3 Å². The van der Waals surface area contributed by atoms with Gasteiger partial charge in [-0.2, -0.15) is 0 Å². The zero-order chi connectivity index (χ0) is 25.1. The number of aryl methyl sites for hydroxylation is 1. The number of amides is 1. The van der Waals surface area contributed by atoms with Gasteiger partial charge in [0.05, 0.1) is 18.7 Å². The molecular formula is C28H32N2O5. The lowest BCUT2D eigenvalue weighted by Crippen LogP contribution is -2.34. The van der Waals surface area contributed by atoms with Crippen LogP contribution in [-0.2, 0) is 4.79 Å². The SMILES string of the molecule is CCN(CC)CCCN1C(=O)C(O)=C(C(=O)c2cc3cccc(OC)c3o2)[C@@H]1c1ccc(C)cc1. The molecule has 1 aromatic heterocycles. The average Bonchev–Trinajstić information content (AvgIpc) is 3.41. The van der Waals surface area contributed by atoms with Gasteiger partial charge in [-0.05, 0) is 50.7 Å². The molecule has 0 spiro atoms. The molecule has 0 aliphatic carbocycles. The lowest BCUT2D eigenvalue weighted by Gasteiger charge is -2.28. The van der Waals surface area contributed by atoms with Crippen LogP contribution in [0.2, 0.25) is 0 Å². The highest BCUT2D eigenvalue weighted by Crippen LogP contribution is 2.40. The Bertz CT molecular complexity index is 1250. The Kier molecular flexibility index (Phi) is 7.26. The van der Waals surface area contributed by atoms with Crippen LogP contribution in [0.25, 0.3) is 11.0 Å². The molecule has 0 saturated carbocycles. The topological polar surface area (TPSA) is 83.2 Å². The summed E-state index contributed by atoms with van der Waals surface area (Å²) in [6.07, 6.45) is 0.729. The normalized spacial score (nSPS) is 16.1. The summed E-state index contributed by atoms with van der Waals surface area (Å²) in [5, 5.41) is 11.6. The van der Waals surface area contributed by atoms with Gasteiger partial charge >= 0.3 is 0 Å². The van der Waals surface area contributed by atoms with Crippen molar-refractivity contribution in [2.24, 2.45) is 0 Å². The van der Waals surface area contributed by atoms with Crippen LogP contribution in [-0.4, -0.2) is 59.9 Å². The van der Waals surface area contributed by atoms with Gasteiger partial charge in [-0.15, -0.1) is 0 Å². The van der Waals surface area contributed by atoms with E-state index < -0.39 is 23.5 Å². The van der Waals surface area contributed by atoms with E-state index >= 15 is 0 Å². The molecule has 1 atom stereocenters. The Balaban J connectivity index is 1.71. The maximum atomic E-state index is 13.7. The van der Waals surface area contributed by atoms with Crippen LogP contribution in [0, 0.1) is 6.92 Å². The molecule has 7 heteroatoms. The molecule has 184 valence electrons. The average molecular weight is 477 g/mol. The minimum atomic E-state index is -0.692. The summed E-state index contributed by atoms with van der Waals surface area (Å²) in [6.45, 7) is 9.28. The first-order chi connectivity index (χ1) is 16.9. The number of hydrogen-bond donors (Lipinski definition) is 1. The number of Topliss-reactive ketones (excluding diaryl/α,β-unsaturated/α-hetero) is 1. The third kappa shape index (κ3) is 4.68. The lowest BCUT2D eigenvalue weighted by molar-refractivity contribution is -0.129. The van der Waals surface area contributed by atoms with Crippen LogP contribution >= 0.6 is 0 Å². The second kappa shape index (κ2) is 10.4. The van der Waals surface area contributed by atoms with Crippen molar-refractivity contribution < 1.29 is 23.8 Å². The minimum absolute atomic E-state index is 0.0414. The first kappa shape index (κ1) is 24.5. The third-order valence-corrected chi connectivity index (χ3v) is 6.66. The summed E-state index contributed by atoms with van der Waals surface area (Å²) in [5.74, 6) is -0.995. The number of rotatable bonds is 10. The number of furan rings is 1. The fourth-order valence-electron chi connectivity index (χ4n) is 4.66. The number of nitrogens with zero attached hydrogens (tertiary/aromatic N) is 2. The van der Waals surface area contributed by atoms with E-state index in [-0.39, 0.29) is 11.3 Å². The summed E-state index contributed by atoms with van der Waals surface area (Å²) in [5.41, 5.74) is 2.33. The van der Waals surface area contributed by atoms with Gasteiger partial charge in [0, 0.05) is 11.9 Å². The molecule has 7 nitrogen and oxygen atoms in total. The van der Waals surface area contributed by atoms with Crippen molar-refractivity contribution in [3.05, 3.63) is 76.8 Å². The number of fused-ring (bicyclic) bond motifs is 1. The number of ketones is 1. The molecule has 1 aliphatic rings. The van der Waals surface area contributed by atoms with Crippen LogP contribution in [0.3, 0.4) is 0 Å². The van der Waals surface area contributed by atoms with E-state index in [0.717, 1.165) is 37.2 Å². The van der Waals surface area contributed by atoms with E-state index in [2.05, 4.69) is 18.7 Å². The van der Waals surface area contributed by atoms with Crippen molar-refractivity contribution in [2.45, 2.75) is 33.2 Å². The molecule has 1 N–H and O–H groups in total. The molecule has 2 heterocycles. The fourth-order valence-corrected chi connectivity index (χ4v) is 4.66. The van der Waals surface area contributed by atoms with Gasteiger partial charge in [0.15, 0.2) is 22.9 Å². The van der Waals surface area contributed by atoms with E-state index in [1.165, 1.54) is 7.11 Å². The molecule has 4 rings (SSSR count). The second-order valence-corrected chi connectivity index (χ2v) is 8.77.